The molecule has 0 bridgehead atoms. The third-order valence-corrected chi connectivity index (χ3v) is 2.35. The molecule has 0 aliphatic carbocycles. The lowest BCUT2D eigenvalue weighted by molar-refractivity contribution is -0.118. The number of anilines is 1. The van der Waals surface area contributed by atoms with Crippen molar-refractivity contribution < 1.29 is 4.79 Å². The summed E-state index contributed by atoms with van der Waals surface area (Å²) in [5.74, 6) is 0.225. The second-order valence-electron chi connectivity index (χ2n) is 3.44. The number of amides is 1. The summed E-state index contributed by atoms with van der Waals surface area (Å²) in [6.45, 7) is 7.54. The van der Waals surface area contributed by atoms with E-state index in [1.165, 1.54) is 0 Å². The Morgan fingerprint density at radius 2 is 2.29 bits per heavy atom. The van der Waals surface area contributed by atoms with E-state index in [2.05, 4.69) is 21.9 Å². The summed E-state index contributed by atoms with van der Waals surface area (Å²) >= 11 is 0. The minimum absolute atomic E-state index is 0.0688. The van der Waals surface area contributed by atoms with Crippen molar-refractivity contribution in [3.05, 3.63) is 24.2 Å². The van der Waals surface area contributed by atoms with E-state index in [0.29, 0.717) is 11.5 Å². The van der Waals surface area contributed by atoms with E-state index < -0.39 is 0 Å². The molecule has 1 aromatic rings. The summed E-state index contributed by atoms with van der Waals surface area (Å²) in [7, 11) is 0. The molecule has 0 saturated heterocycles. The highest BCUT2D eigenvalue weighted by Crippen LogP contribution is 2.30. The van der Waals surface area contributed by atoms with Crippen LogP contribution in [0.3, 0.4) is 0 Å². The van der Waals surface area contributed by atoms with E-state index in [0.717, 1.165) is 11.3 Å². The van der Waals surface area contributed by atoms with E-state index in [4.69, 9.17) is 0 Å². The van der Waals surface area contributed by atoms with Gasteiger partial charge in [0, 0.05) is 0 Å². The summed E-state index contributed by atoms with van der Waals surface area (Å²) < 4.78 is 0. The van der Waals surface area contributed by atoms with Crippen LogP contribution in [0.4, 0.5) is 5.82 Å². The zero-order valence-electron chi connectivity index (χ0n) is 8.16. The monoisotopic (exact) mass is 189 g/mol. The van der Waals surface area contributed by atoms with Gasteiger partial charge >= 0.3 is 0 Å². The molecule has 1 N–H and O–H groups in total. The molecule has 4 heteroatoms. The predicted octanol–water partition coefficient (Wildman–Crippen LogP) is 1.39. The van der Waals surface area contributed by atoms with Crippen molar-refractivity contribution in [3.63, 3.8) is 0 Å². The number of hydrogen-bond acceptors (Lipinski definition) is 3. The molecule has 2 rings (SSSR count). The van der Waals surface area contributed by atoms with Crippen molar-refractivity contribution in [3.8, 4) is 0 Å². The Balaban J connectivity index is 2.57. The third kappa shape index (κ3) is 1.19. The molecule has 0 saturated carbocycles. The standard InChI is InChI=1S/C10H11N3O/c1-5-4-11-9-8(12-5)6(2)7(3)10(14)13-9/h4,7H,2H2,1,3H3,(H,11,13,14). The summed E-state index contributed by atoms with van der Waals surface area (Å²) in [6, 6.07) is 0. The Labute approximate surface area is 82.1 Å². The van der Waals surface area contributed by atoms with Gasteiger partial charge in [-0.3, -0.25) is 4.79 Å². The fraction of sp³-hybridized carbons (Fsp3) is 0.300. The van der Waals surface area contributed by atoms with Crippen LogP contribution in [0.25, 0.3) is 5.57 Å². The number of carbonyl (C=O) groups is 1. The van der Waals surface area contributed by atoms with Gasteiger partial charge in [-0.1, -0.05) is 6.58 Å². The summed E-state index contributed by atoms with van der Waals surface area (Å²) in [6.07, 6.45) is 1.63. The Morgan fingerprint density at radius 1 is 1.57 bits per heavy atom. The quantitative estimate of drug-likeness (QED) is 0.671. The molecular formula is C10H11N3O. The molecule has 1 aliphatic heterocycles. The predicted molar refractivity (Wildman–Crippen MR) is 53.6 cm³/mol. The number of aryl methyl sites for hydroxylation is 1. The van der Waals surface area contributed by atoms with Crippen LogP contribution in [-0.2, 0) is 4.79 Å². The average Bonchev–Trinajstić information content (AvgIpc) is 2.16. The van der Waals surface area contributed by atoms with Gasteiger partial charge in [0.25, 0.3) is 0 Å². The molecule has 1 amide bonds. The van der Waals surface area contributed by atoms with E-state index in [1.54, 1.807) is 6.20 Å². The molecule has 2 heterocycles. The molecule has 1 atom stereocenters. The van der Waals surface area contributed by atoms with Crippen LogP contribution in [0.2, 0.25) is 0 Å². The zero-order valence-corrected chi connectivity index (χ0v) is 8.16. The SMILES string of the molecule is C=C1c2nc(C)cnc2NC(=O)C1C. The maximum absolute atomic E-state index is 11.4. The smallest absolute Gasteiger partial charge is 0.232 e. The topological polar surface area (TPSA) is 54.9 Å². The molecule has 0 spiro atoms. The van der Waals surface area contributed by atoms with Crippen LogP contribution < -0.4 is 5.32 Å². The molecule has 1 aromatic heterocycles. The molecule has 0 aromatic carbocycles. The number of aromatic nitrogens is 2. The second kappa shape index (κ2) is 2.90. The van der Waals surface area contributed by atoms with E-state index in [-0.39, 0.29) is 11.8 Å². The van der Waals surface area contributed by atoms with Gasteiger partial charge in [0.1, 0.15) is 5.69 Å². The van der Waals surface area contributed by atoms with Gasteiger partial charge in [-0.05, 0) is 19.4 Å². The normalized spacial score (nSPS) is 20.3. The van der Waals surface area contributed by atoms with Gasteiger partial charge in [-0.15, -0.1) is 0 Å². The molecule has 4 nitrogen and oxygen atoms in total. The van der Waals surface area contributed by atoms with Gasteiger partial charge in [-0.25, -0.2) is 9.97 Å². The van der Waals surface area contributed by atoms with Crippen molar-refractivity contribution in [2.45, 2.75) is 13.8 Å². The van der Waals surface area contributed by atoms with Crippen LogP contribution in [-0.4, -0.2) is 15.9 Å². The molecule has 1 unspecified atom stereocenters. The summed E-state index contributed by atoms with van der Waals surface area (Å²) in [4.78, 5) is 19.8. The number of rotatable bonds is 0. The fourth-order valence-electron chi connectivity index (χ4n) is 1.38. The fourth-order valence-corrected chi connectivity index (χ4v) is 1.38. The Morgan fingerprint density at radius 3 is 3.00 bits per heavy atom. The molecular weight excluding hydrogens is 178 g/mol. The minimum atomic E-state index is -0.224. The summed E-state index contributed by atoms with van der Waals surface area (Å²) in [5, 5.41) is 2.69. The number of hydrogen-bond donors (Lipinski definition) is 1. The van der Waals surface area contributed by atoms with Crippen molar-refractivity contribution in [2.75, 3.05) is 5.32 Å². The van der Waals surface area contributed by atoms with Gasteiger partial charge in [0.2, 0.25) is 5.91 Å². The first kappa shape index (κ1) is 8.87. The largest absolute Gasteiger partial charge is 0.308 e. The van der Waals surface area contributed by atoms with Gasteiger partial charge in [0.15, 0.2) is 5.82 Å². The zero-order chi connectivity index (χ0) is 10.3. The first-order valence-corrected chi connectivity index (χ1v) is 4.43. The van der Waals surface area contributed by atoms with E-state index in [9.17, 15) is 4.79 Å². The highest BCUT2D eigenvalue weighted by Gasteiger charge is 2.27. The number of fused-ring (bicyclic) bond motifs is 1. The van der Waals surface area contributed by atoms with Crippen LogP contribution in [0.15, 0.2) is 12.8 Å². The molecule has 14 heavy (non-hydrogen) atoms. The molecule has 0 radical (unpaired) electrons. The highest BCUT2D eigenvalue weighted by atomic mass is 16.2. The Bertz CT molecular complexity index is 425. The molecule has 0 fully saturated rings. The van der Waals surface area contributed by atoms with Crippen LogP contribution in [0.5, 0.6) is 0 Å². The van der Waals surface area contributed by atoms with Crippen molar-refractivity contribution >= 4 is 17.3 Å². The average molecular weight is 189 g/mol. The lowest BCUT2D eigenvalue weighted by Crippen LogP contribution is -2.28. The number of nitrogens with zero attached hydrogens (tertiary/aromatic N) is 2. The first-order valence-electron chi connectivity index (χ1n) is 4.43. The second-order valence-corrected chi connectivity index (χ2v) is 3.44. The minimum Gasteiger partial charge on any atom is -0.308 e. The van der Waals surface area contributed by atoms with Crippen molar-refractivity contribution in [1.29, 1.82) is 0 Å². The van der Waals surface area contributed by atoms with Gasteiger partial charge < -0.3 is 5.32 Å². The van der Waals surface area contributed by atoms with Gasteiger partial charge in [-0.2, -0.15) is 0 Å². The van der Waals surface area contributed by atoms with E-state index >= 15 is 0 Å². The van der Waals surface area contributed by atoms with E-state index in [1.807, 2.05) is 13.8 Å². The molecule has 1 aliphatic rings. The number of carbonyl (C=O) groups excluding carboxylic acids is 1. The molecule has 72 valence electrons. The van der Waals surface area contributed by atoms with Crippen LogP contribution >= 0.6 is 0 Å². The van der Waals surface area contributed by atoms with Crippen molar-refractivity contribution in [1.82, 2.24) is 9.97 Å². The maximum Gasteiger partial charge on any atom is 0.232 e. The first-order chi connectivity index (χ1) is 6.59. The van der Waals surface area contributed by atoms with Crippen molar-refractivity contribution in [2.24, 2.45) is 5.92 Å². The van der Waals surface area contributed by atoms with Gasteiger partial charge in [0.05, 0.1) is 17.8 Å². The summed E-state index contributed by atoms with van der Waals surface area (Å²) in [5.41, 5.74) is 2.27. The third-order valence-electron chi connectivity index (χ3n) is 2.35. The lowest BCUT2D eigenvalue weighted by Gasteiger charge is -2.22. The maximum atomic E-state index is 11.4. The Hall–Kier alpha value is -1.71. The number of nitrogens with one attached hydrogen (secondary N) is 1. The van der Waals surface area contributed by atoms with Crippen LogP contribution in [0, 0.1) is 12.8 Å². The highest BCUT2D eigenvalue weighted by molar-refractivity contribution is 6.04. The van der Waals surface area contributed by atoms with Crippen LogP contribution in [0.1, 0.15) is 18.3 Å². The Kier molecular flexibility index (Phi) is 1.84. The lowest BCUT2D eigenvalue weighted by atomic mass is 9.95.